The number of benzene rings is 2. The Morgan fingerprint density at radius 1 is 1.06 bits per heavy atom. The molecular weight excluding hydrogens is 408 g/mol. The summed E-state index contributed by atoms with van der Waals surface area (Å²) in [6.07, 6.45) is 3.83. The minimum Gasteiger partial charge on any atom is -0.408 e. The Kier molecular flexibility index (Phi) is 5.34. The van der Waals surface area contributed by atoms with E-state index >= 15 is 0 Å². The normalized spacial score (nSPS) is 18.8. The lowest BCUT2D eigenvalue weighted by Gasteiger charge is -2.29. The fraction of sp³-hybridized carbons (Fsp3) is 0.333. The van der Waals surface area contributed by atoms with Gasteiger partial charge in [0.25, 0.3) is 5.56 Å². The van der Waals surface area contributed by atoms with Gasteiger partial charge in [-0.25, -0.2) is 9.78 Å². The van der Waals surface area contributed by atoms with Crippen molar-refractivity contribution < 1.29 is 9.21 Å². The Hall–Kier alpha value is -3.68. The molecule has 2 heterocycles. The minimum atomic E-state index is -0.324. The van der Waals surface area contributed by atoms with Crippen molar-refractivity contribution in [3.8, 4) is 0 Å². The number of nitrogens with zero attached hydrogens (tertiary/aromatic N) is 2. The van der Waals surface area contributed by atoms with E-state index in [0.717, 1.165) is 31.2 Å². The van der Waals surface area contributed by atoms with Gasteiger partial charge in [0.15, 0.2) is 5.58 Å². The summed E-state index contributed by atoms with van der Waals surface area (Å²) in [4.78, 5) is 44.2. The van der Waals surface area contributed by atoms with E-state index in [1.54, 1.807) is 28.8 Å². The number of oxazole rings is 1. The molecule has 1 aliphatic carbocycles. The van der Waals surface area contributed by atoms with E-state index < -0.39 is 0 Å². The Balaban J connectivity index is 1.17. The van der Waals surface area contributed by atoms with Gasteiger partial charge < -0.3 is 14.7 Å². The van der Waals surface area contributed by atoms with E-state index in [1.165, 1.54) is 0 Å². The number of aryl methyl sites for hydroxylation is 1. The Morgan fingerprint density at radius 3 is 2.66 bits per heavy atom. The molecule has 0 saturated heterocycles. The number of nitrogens with one attached hydrogen (secondary N) is 2. The molecule has 164 valence electrons. The molecule has 32 heavy (non-hydrogen) atoms. The van der Waals surface area contributed by atoms with Crippen molar-refractivity contribution in [3.05, 3.63) is 75.3 Å². The van der Waals surface area contributed by atoms with Gasteiger partial charge in [-0.15, -0.1) is 0 Å². The van der Waals surface area contributed by atoms with Gasteiger partial charge in [-0.3, -0.25) is 14.2 Å². The highest BCUT2D eigenvalue weighted by molar-refractivity contribution is 5.78. The predicted octanol–water partition coefficient (Wildman–Crippen LogP) is 3.06. The molecule has 0 bridgehead atoms. The lowest BCUT2D eigenvalue weighted by molar-refractivity contribution is -0.122. The summed E-state index contributed by atoms with van der Waals surface area (Å²) in [6.45, 7) is 0. The molecule has 2 aromatic heterocycles. The maximum absolute atomic E-state index is 12.5. The molecule has 8 nitrogen and oxygen atoms in total. The van der Waals surface area contributed by atoms with Crippen molar-refractivity contribution >= 4 is 27.9 Å². The molecule has 0 aliphatic heterocycles. The van der Waals surface area contributed by atoms with E-state index in [1.807, 2.05) is 24.3 Å². The second kappa shape index (κ2) is 8.45. The van der Waals surface area contributed by atoms with Crippen molar-refractivity contribution in [1.82, 2.24) is 19.9 Å². The predicted molar refractivity (Wildman–Crippen MR) is 121 cm³/mol. The molecule has 5 rings (SSSR count). The Bertz CT molecular complexity index is 1390. The second-order valence-corrected chi connectivity index (χ2v) is 8.31. The van der Waals surface area contributed by atoms with Gasteiger partial charge in [0.2, 0.25) is 5.91 Å². The van der Waals surface area contributed by atoms with E-state index in [2.05, 4.69) is 15.3 Å². The summed E-state index contributed by atoms with van der Waals surface area (Å²) in [6, 6.07) is 14.8. The van der Waals surface area contributed by atoms with Crippen LogP contribution in [0.5, 0.6) is 0 Å². The number of hydrogen-bond donors (Lipinski definition) is 2. The van der Waals surface area contributed by atoms with Gasteiger partial charge in [0.05, 0.1) is 16.4 Å². The number of H-pyrrole nitrogens is 1. The third kappa shape index (κ3) is 3.95. The Labute approximate surface area is 183 Å². The molecular formula is C24H24N4O4. The molecule has 0 unspecified atom stereocenters. The highest BCUT2D eigenvalue weighted by Crippen LogP contribution is 2.30. The largest absolute Gasteiger partial charge is 0.420 e. The van der Waals surface area contributed by atoms with E-state index in [0.29, 0.717) is 28.7 Å². The zero-order valence-electron chi connectivity index (χ0n) is 17.5. The van der Waals surface area contributed by atoms with Crippen LogP contribution in [-0.2, 0) is 11.2 Å². The highest BCUT2D eigenvalue weighted by atomic mass is 16.4. The fourth-order valence-corrected chi connectivity index (χ4v) is 4.59. The first kappa shape index (κ1) is 20.2. The van der Waals surface area contributed by atoms with Crippen LogP contribution >= 0.6 is 0 Å². The van der Waals surface area contributed by atoms with E-state index in [4.69, 9.17) is 4.42 Å². The van der Waals surface area contributed by atoms with Crippen LogP contribution in [0.2, 0.25) is 0 Å². The summed E-state index contributed by atoms with van der Waals surface area (Å²) in [5.74, 6) is 0.129. The van der Waals surface area contributed by atoms with Crippen molar-refractivity contribution in [2.24, 2.45) is 0 Å². The summed E-state index contributed by atoms with van der Waals surface area (Å²) in [5, 5.41) is 3.63. The Morgan fingerprint density at radius 2 is 1.81 bits per heavy atom. The number of para-hydroxylation sites is 3. The van der Waals surface area contributed by atoms with E-state index in [9.17, 15) is 14.4 Å². The van der Waals surface area contributed by atoms with Crippen LogP contribution in [0.1, 0.15) is 44.0 Å². The second-order valence-electron chi connectivity index (χ2n) is 8.31. The summed E-state index contributed by atoms with van der Waals surface area (Å²) >= 11 is 0. The lowest BCUT2D eigenvalue weighted by Crippen LogP contribution is -2.39. The average Bonchev–Trinajstić information content (AvgIpc) is 3.14. The number of fused-ring (bicyclic) bond motifs is 2. The van der Waals surface area contributed by atoms with Gasteiger partial charge in [0, 0.05) is 24.9 Å². The molecule has 1 fully saturated rings. The molecule has 0 spiro atoms. The molecule has 1 amide bonds. The van der Waals surface area contributed by atoms with Crippen LogP contribution < -0.4 is 16.6 Å². The first-order valence-electron chi connectivity index (χ1n) is 11.0. The molecule has 2 N–H and O–H groups in total. The van der Waals surface area contributed by atoms with E-state index in [-0.39, 0.29) is 35.7 Å². The zero-order valence-corrected chi connectivity index (χ0v) is 17.5. The summed E-state index contributed by atoms with van der Waals surface area (Å²) < 4.78 is 7.10. The van der Waals surface area contributed by atoms with Crippen LogP contribution in [0, 0.1) is 0 Å². The van der Waals surface area contributed by atoms with Gasteiger partial charge in [-0.05, 0) is 49.9 Å². The third-order valence-electron chi connectivity index (χ3n) is 6.20. The number of aromatic nitrogens is 3. The minimum absolute atomic E-state index is 0.0600. The summed E-state index contributed by atoms with van der Waals surface area (Å²) in [5.41, 5.74) is 1.87. The lowest BCUT2D eigenvalue weighted by atomic mass is 9.90. The van der Waals surface area contributed by atoms with Crippen LogP contribution in [0.4, 0.5) is 0 Å². The number of carbonyl (C=O) groups excluding carboxylic acids is 1. The SMILES string of the molecule is O=C(CCc1nc2ccccc2c(=O)[nH]1)NC1CCC(n2c(=O)oc3ccccc32)CC1. The topological polar surface area (TPSA) is 110 Å². The maximum atomic E-state index is 12.5. The number of rotatable bonds is 5. The van der Waals surface area contributed by atoms with Gasteiger partial charge in [-0.2, -0.15) is 0 Å². The third-order valence-corrected chi connectivity index (χ3v) is 6.20. The van der Waals surface area contributed by atoms with Crippen molar-refractivity contribution in [2.75, 3.05) is 0 Å². The fourth-order valence-electron chi connectivity index (χ4n) is 4.59. The van der Waals surface area contributed by atoms with Crippen LogP contribution in [0.25, 0.3) is 22.0 Å². The highest BCUT2D eigenvalue weighted by Gasteiger charge is 2.26. The average molecular weight is 432 g/mol. The number of carbonyl (C=O) groups is 1. The first-order chi connectivity index (χ1) is 15.6. The quantitative estimate of drug-likeness (QED) is 0.504. The first-order valence-corrected chi connectivity index (χ1v) is 11.0. The smallest absolute Gasteiger partial charge is 0.408 e. The van der Waals surface area contributed by atoms with Crippen molar-refractivity contribution in [1.29, 1.82) is 0 Å². The van der Waals surface area contributed by atoms with Gasteiger partial charge in [0.1, 0.15) is 5.82 Å². The molecule has 4 aromatic rings. The van der Waals surface area contributed by atoms with Crippen molar-refractivity contribution in [2.45, 2.75) is 50.6 Å². The number of amides is 1. The number of aromatic amines is 1. The maximum Gasteiger partial charge on any atom is 0.420 e. The molecule has 1 aliphatic rings. The van der Waals surface area contributed by atoms with Crippen LogP contribution in [0.15, 0.2) is 62.5 Å². The summed E-state index contributed by atoms with van der Waals surface area (Å²) in [7, 11) is 0. The standard InChI is InChI=1S/C24H24N4O4/c29-22(14-13-21-26-18-6-2-1-5-17(18)23(30)27-21)25-15-9-11-16(12-10-15)28-19-7-3-4-8-20(19)32-24(28)31/h1-8,15-16H,9-14H2,(H,25,29)(H,26,27,30). The molecule has 2 aromatic carbocycles. The molecule has 1 saturated carbocycles. The molecule has 0 radical (unpaired) electrons. The monoisotopic (exact) mass is 432 g/mol. The van der Waals surface area contributed by atoms with Gasteiger partial charge >= 0.3 is 5.76 Å². The van der Waals surface area contributed by atoms with Crippen LogP contribution in [-0.4, -0.2) is 26.5 Å². The number of hydrogen-bond acceptors (Lipinski definition) is 5. The van der Waals surface area contributed by atoms with Crippen molar-refractivity contribution in [3.63, 3.8) is 0 Å². The zero-order chi connectivity index (χ0) is 22.1. The van der Waals surface area contributed by atoms with Crippen LogP contribution in [0.3, 0.4) is 0 Å². The molecule has 0 atom stereocenters. The molecule has 8 heteroatoms. The van der Waals surface area contributed by atoms with Gasteiger partial charge in [-0.1, -0.05) is 24.3 Å².